The van der Waals surface area contributed by atoms with Crippen LogP contribution < -0.4 is 10.1 Å². The molecule has 0 aliphatic carbocycles. The molecule has 5 rings (SSSR count). The largest absolute Gasteiger partial charge is 0.467 e. The molecule has 1 aromatic rings. The van der Waals surface area contributed by atoms with Crippen LogP contribution in [0.3, 0.4) is 0 Å². The molecule has 1 N–H and O–H groups in total. The van der Waals surface area contributed by atoms with Gasteiger partial charge < -0.3 is 24.4 Å². The Morgan fingerprint density at radius 3 is 2.78 bits per heavy atom. The quantitative estimate of drug-likeness (QED) is 0.646. The van der Waals surface area contributed by atoms with Crippen molar-refractivity contribution in [2.24, 2.45) is 16.8 Å². The van der Waals surface area contributed by atoms with Gasteiger partial charge in [0.05, 0.1) is 18.8 Å². The number of aliphatic imine (C=N–C) groups is 1. The van der Waals surface area contributed by atoms with Crippen molar-refractivity contribution in [2.45, 2.75) is 38.1 Å². The summed E-state index contributed by atoms with van der Waals surface area (Å²) in [5, 5.41) is 3.45. The van der Waals surface area contributed by atoms with Crippen molar-refractivity contribution in [3.05, 3.63) is 29.1 Å². The highest BCUT2D eigenvalue weighted by Crippen LogP contribution is 2.47. The zero-order valence-electron chi connectivity index (χ0n) is 15.6. The number of nitrogens with one attached hydrogen (secondary N) is 1. The molecule has 7 heteroatoms. The Kier molecular flexibility index (Phi) is 4.44. The van der Waals surface area contributed by atoms with Gasteiger partial charge in [0.2, 0.25) is 0 Å². The third kappa shape index (κ3) is 3.06. The third-order valence-electron chi connectivity index (χ3n) is 6.39. The molecule has 0 radical (unpaired) electrons. The number of benzene rings is 1. The van der Waals surface area contributed by atoms with Gasteiger partial charge in [0, 0.05) is 44.1 Å². The maximum absolute atomic E-state index is 13.9. The van der Waals surface area contributed by atoms with Crippen LogP contribution in [0.5, 0.6) is 5.75 Å². The van der Waals surface area contributed by atoms with Crippen molar-refractivity contribution in [3.63, 3.8) is 0 Å². The second-order valence-corrected chi connectivity index (χ2v) is 7.91. The number of hydrogen-bond acceptors (Lipinski definition) is 4. The lowest BCUT2D eigenvalue weighted by atomic mass is 9.82. The Labute approximate surface area is 158 Å². The van der Waals surface area contributed by atoms with E-state index in [9.17, 15) is 4.39 Å². The van der Waals surface area contributed by atoms with E-state index < -0.39 is 0 Å². The average Bonchev–Trinajstić information content (AvgIpc) is 3.38. The van der Waals surface area contributed by atoms with Crippen molar-refractivity contribution in [1.29, 1.82) is 0 Å². The Hall–Kier alpha value is -1.86. The number of nitrogens with zero attached hydrogens (tertiary/aromatic N) is 2. The molecule has 0 aromatic heterocycles. The summed E-state index contributed by atoms with van der Waals surface area (Å²) in [6.07, 6.45) is 3.98. The van der Waals surface area contributed by atoms with E-state index in [0.717, 1.165) is 35.9 Å². The molecule has 4 aliphatic heterocycles. The highest BCUT2D eigenvalue weighted by Gasteiger charge is 2.53. The first-order chi connectivity index (χ1) is 13.2. The van der Waals surface area contributed by atoms with E-state index in [1.165, 1.54) is 18.9 Å². The van der Waals surface area contributed by atoms with Crippen LogP contribution >= 0.6 is 0 Å². The summed E-state index contributed by atoms with van der Waals surface area (Å²) in [4.78, 5) is 6.83. The number of hydrogen-bond donors (Lipinski definition) is 1. The molecule has 146 valence electrons. The molecule has 4 heterocycles. The lowest BCUT2D eigenvalue weighted by Crippen LogP contribution is -2.42. The zero-order chi connectivity index (χ0) is 18.4. The number of halogens is 1. The maximum Gasteiger partial charge on any atom is 0.193 e. The van der Waals surface area contributed by atoms with Crippen molar-refractivity contribution < 1.29 is 18.6 Å². The molecule has 6 nitrogen and oxygen atoms in total. The zero-order valence-corrected chi connectivity index (χ0v) is 15.6. The lowest BCUT2D eigenvalue weighted by Gasteiger charge is -2.24. The third-order valence-corrected chi connectivity index (χ3v) is 6.39. The van der Waals surface area contributed by atoms with E-state index in [0.29, 0.717) is 43.6 Å². The van der Waals surface area contributed by atoms with Crippen LogP contribution in [0.4, 0.5) is 4.39 Å². The van der Waals surface area contributed by atoms with Crippen LogP contribution in [0.15, 0.2) is 17.1 Å². The lowest BCUT2D eigenvalue weighted by molar-refractivity contribution is -0.0172. The molecule has 1 aromatic carbocycles. The maximum atomic E-state index is 13.9. The van der Waals surface area contributed by atoms with E-state index in [1.54, 1.807) is 6.07 Å². The molecule has 0 amide bonds. The molecular weight excluding hydrogens is 349 g/mol. The van der Waals surface area contributed by atoms with Crippen LogP contribution in [0, 0.1) is 17.7 Å². The van der Waals surface area contributed by atoms with Gasteiger partial charge in [0.25, 0.3) is 0 Å². The predicted octanol–water partition coefficient (Wildman–Crippen LogP) is 1.92. The second-order valence-electron chi connectivity index (χ2n) is 7.91. The number of likely N-dealkylation sites (tertiary alicyclic amines) is 1. The minimum Gasteiger partial charge on any atom is -0.467 e. The fraction of sp³-hybridized carbons (Fsp3) is 0.650. The van der Waals surface area contributed by atoms with Crippen molar-refractivity contribution in [3.8, 4) is 5.75 Å². The van der Waals surface area contributed by atoms with Gasteiger partial charge in [-0.15, -0.1) is 0 Å². The van der Waals surface area contributed by atoms with E-state index in [1.807, 2.05) is 7.05 Å². The highest BCUT2D eigenvalue weighted by atomic mass is 19.1. The van der Waals surface area contributed by atoms with Gasteiger partial charge in [-0.25, -0.2) is 4.39 Å². The molecule has 0 saturated carbocycles. The van der Waals surface area contributed by atoms with E-state index in [2.05, 4.69) is 15.2 Å². The molecular formula is C20H26FN3O3. The van der Waals surface area contributed by atoms with Gasteiger partial charge >= 0.3 is 0 Å². The predicted molar refractivity (Wildman–Crippen MR) is 98.2 cm³/mol. The fourth-order valence-electron chi connectivity index (χ4n) is 5.22. The molecule has 3 fully saturated rings. The van der Waals surface area contributed by atoms with Crippen molar-refractivity contribution in [2.75, 3.05) is 33.5 Å². The number of guanidine groups is 1. The summed E-state index contributed by atoms with van der Waals surface area (Å²) in [7, 11) is 1.83. The summed E-state index contributed by atoms with van der Waals surface area (Å²) >= 11 is 0. The smallest absolute Gasteiger partial charge is 0.193 e. The number of ether oxygens (including phenoxy) is 3. The first kappa shape index (κ1) is 17.3. The summed E-state index contributed by atoms with van der Waals surface area (Å²) in [5.74, 6) is 2.74. The fourth-order valence-corrected chi connectivity index (χ4v) is 5.22. The number of fused-ring (bicyclic) bond motifs is 6. The monoisotopic (exact) mass is 375 g/mol. The SMILES string of the molecule is CN=C(NCCc1cc(F)cc2c1OCOC2)N1CC2C3CCC(O3)C2C1. The van der Waals surface area contributed by atoms with Crippen molar-refractivity contribution in [1.82, 2.24) is 10.2 Å². The van der Waals surface area contributed by atoms with Gasteiger partial charge in [0.1, 0.15) is 11.6 Å². The molecule has 3 saturated heterocycles. The molecule has 0 spiro atoms. The summed E-state index contributed by atoms with van der Waals surface area (Å²) < 4.78 is 30.8. The van der Waals surface area contributed by atoms with Crippen LogP contribution in [0.1, 0.15) is 24.0 Å². The Bertz CT molecular complexity index is 738. The van der Waals surface area contributed by atoms with E-state index in [-0.39, 0.29) is 12.6 Å². The Morgan fingerprint density at radius 2 is 2.04 bits per heavy atom. The normalized spacial score (nSPS) is 31.6. The van der Waals surface area contributed by atoms with Crippen LogP contribution in [-0.2, 0) is 22.5 Å². The average molecular weight is 375 g/mol. The van der Waals surface area contributed by atoms with Crippen molar-refractivity contribution >= 4 is 5.96 Å². The first-order valence-electron chi connectivity index (χ1n) is 9.86. The summed E-state index contributed by atoms with van der Waals surface area (Å²) in [6, 6.07) is 3.05. The van der Waals surface area contributed by atoms with Gasteiger partial charge in [0.15, 0.2) is 12.8 Å². The highest BCUT2D eigenvalue weighted by molar-refractivity contribution is 5.80. The van der Waals surface area contributed by atoms with Gasteiger partial charge in [-0.1, -0.05) is 0 Å². The van der Waals surface area contributed by atoms with Crippen LogP contribution in [-0.4, -0.2) is 56.5 Å². The minimum absolute atomic E-state index is 0.224. The summed E-state index contributed by atoms with van der Waals surface area (Å²) in [5.41, 5.74) is 1.66. The van der Waals surface area contributed by atoms with E-state index in [4.69, 9.17) is 14.2 Å². The van der Waals surface area contributed by atoms with E-state index >= 15 is 0 Å². The summed E-state index contributed by atoms with van der Waals surface area (Å²) in [6.45, 7) is 3.34. The van der Waals surface area contributed by atoms with Crippen LogP contribution in [0.2, 0.25) is 0 Å². The molecule has 27 heavy (non-hydrogen) atoms. The molecule has 4 unspecified atom stereocenters. The first-order valence-corrected chi connectivity index (χ1v) is 9.86. The van der Waals surface area contributed by atoms with Gasteiger partial charge in [-0.05, 0) is 37.0 Å². The molecule has 4 aliphatic rings. The molecule has 2 bridgehead atoms. The van der Waals surface area contributed by atoms with Gasteiger partial charge in [-0.2, -0.15) is 0 Å². The topological polar surface area (TPSA) is 55.3 Å². The standard InChI is InChI=1S/C20H26FN3O3/c1-22-20(24-8-15-16(9-24)18-3-2-17(15)27-18)23-5-4-12-6-14(21)7-13-10-25-11-26-19(12)13/h6-7,15-18H,2-5,8-11H2,1H3,(H,22,23). The molecule has 4 atom stereocenters. The Morgan fingerprint density at radius 1 is 1.26 bits per heavy atom. The Balaban J connectivity index is 1.21. The van der Waals surface area contributed by atoms with Gasteiger partial charge in [-0.3, -0.25) is 4.99 Å². The second kappa shape index (κ2) is 6.95. The minimum atomic E-state index is -0.245. The number of rotatable bonds is 3. The van der Waals surface area contributed by atoms with Crippen LogP contribution in [0.25, 0.3) is 0 Å².